The van der Waals surface area contributed by atoms with Gasteiger partial charge in [0.25, 0.3) is 5.91 Å². The topological polar surface area (TPSA) is 90.8 Å². The van der Waals surface area contributed by atoms with Gasteiger partial charge in [-0.3, -0.25) is 14.4 Å². The van der Waals surface area contributed by atoms with Crippen LogP contribution in [-0.4, -0.2) is 64.4 Å². The Morgan fingerprint density at radius 2 is 2.07 bits per heavy atom. The van der Waals surface area contributed by atoms with Gasteiger partial charge < -0.3 is 14.9 Å². The second-order valence-electron chi connectivity index (χ2n) is 7.53. The summed E-state index contributed by atoms with van der Waals surface area (Å²) >= 11 is 1.30. The number of amides is 2. The molecule has 1 aliphatic heterocycles. The number of carboxylic acid groups (broad SMARTS) is 1. The number of rotatable bonds is 5. The molecule has 1 aliphatic rings. The molecule has 1 N–H and O–H groups in total. The summed E-state index contributed by atoms with van der Waals surface area (Å²) in [7, 11) is 1.58. The lowest BCUT2D eigenvalue weighted by atomic mass is 9.98. The highest BCUT2D eigenvalue weighted by Gasteiger charge is 2.29. The van der Waals surface area contributed by atoms with Gasteiger partial charge in [0.15, 0.2) is 0 Å². The molecule has 1 atom stereocenters. The number of carbonyl (C=O) groups excluding carboxylic acids is 2. The maximum atomic E-state index is 12.8. The molecule has 154 valence electrons. The smallest absolute Gasteiger partial charge is 0.308 e. The SMILES string of the molecule is Cc1ccc(-c2ncc(C(=O)N(C)CC(=O)N3CCC[C@@H](C(=O)O)C3)s2)c(C)c1. The lowest BCUT2D eigenvalue weighted by Crippen LogP contribution is -2.46. The van der Waals surface area contributed by atoms with E-state index in [0.717, 1.165) is 16.1 Å². The average molecular weight is 416 g/mol. The number of piperidine rings is 1. The molecule has 1 fully saturated rings. The second kappa shape index (κ2) is 8.73. The Bertz CT molecular complexity index is 940. The number of nitrogens with zero attached hydrogens (tertiary/aromatic N) is 3. The van der Waals surface area contributed by atoms with Gasteiger partial charge in [0.05, 0.1) is 18.7 Å². The molecular formula is C21H25N3O4S. The minimum absolute atomic E-state index is 0.0814. The van der Waals surface area contributed by atoms with Crippen LogP contribution in [0.5, 0.6) is 0 Å². The first-order valence-electron chi connectivity index (χ1n) is 9.55. The Labute approximate surface area is 174 Å². The van der Waals surface area contributed by atoms with E-state index in [0.29, 0.717) is 24.3 Å². The van der Waals surface area contributed by atoms with Crippen molar-refractivity contribution in [3.8, 4) is 10.6 Å². The predicted octanol–water partition coefficient (Wildman–Crippen LogP) is 2.82. The van der Waals surface area contributed by atoms with Crippen molar-refractivity contribution < 1.29 is 19.5 Å². The Morgan fingerprint density at radius 1 is 1.31 bits per heavy atom. The summed E-state index contributed by atoms with van der Waals surface area (Å²) in [4.78, 5) is 44.3. The quantitative estimate of drug-likeness (QED) is 0.811. The van der Waals surface area contributed by atoms with Gasteiger partial charge in [0, 0.05) is 25.7 Å². The molecule has 1 aromatic heterocycles. The zero-order valence-electron chi connectivity index (χ0n) is 16.8. The number of benzene rings is 1. The number of likely N-dealkylation sites (tertiary alicyclic amines) is 1. The molecule has 2 aromatic rings. The monoisotopic (exact) mass is 415 g/mol. The molecule has 0 unspecified atom stereocenters. The van der Waals surface area contributed by atoms with Crippen LogP contribution < -0.4 is 0 Å². The molecule has 0 bridgehead atoms. The van der Waals surface area contributed by atoms with Crippen molar-refractivity contribution in [3.05, 3.63) is 40.4 Å². The van der Waals surface area contributed by atoms with Gasteiger partial charge in [-0.05, 0) is 32.3 Å². The summed E-state index contributed by atoms with van der Waals surface area (Å²) in [6, 6.07) is 6.09. The van der Waals surface area contributed by atoms with E-state index in [1.807, 2.05) is 26.0 Å². The van der Waals surface area contributed by atoms with Crippen LogP contribution in [0.4, 0.5) is 0 Å². The highest BCUT2D eigenvalue weighted by molar-refractivity contribution is 7.16. The van der Waals surface area contributed by atoms with Gasteiger partial charge in [0.2, 0.25) is 5.91 Å². The molecule has 0 spiro atoms. The minimum Gasteiger partial charge on any atom is -0.481 e. The third kappa shape index (κ3) is 4.82. The lowest BCUT2D eigenvalue weighted by Gasteiger charge is -2.31. The third-order valence-electron chi connectivity index (χ3n) is 5.17. The molecule has 2 heterocycles. The van der Waals surface area contributed by atoms with Crippen LogP contribution in [0, 0.1) is 19.8 Å². The summed E-state index contributed by atoms with van der Waals surface area (Å²) in [6.07, 6.45) is 2.79. The van der Waals surface area contributed by atoms with E-state index in [-0.39, 0.29) is 24.9 Å². The van der Waals surface area contributed by atoms with E-state index in [9.17, 15) is 19.5 Å². The summed E-state index contributed by atoms with van der Waals surface area (Å²) in [5.41, 5.74) is 3.26. The summed E-state index contributed by atoms with van der Waals surface area (Å²) in [6.45, 7) is 4.69. The first kappa shape index (κ1) is 21.0. The largest absolute Gasteiger partial charge is 0.481 e. The van der Waals surface area contributed by atoms with Gasteiger partial charge in [0.1, 0.15) is 9.88 Å². The zero-order valence-corrected chi connectivity index (χ0v) is 17.7. The number of aromatic nitrogens is 1. The Hall–Kier alpha value is -2.74. The molecule has 3 rings (SSSR count). The van der Waals surface area contributed by atoms with Crippen molar-refractivity contribution in [3.63, 3.8) is 0 Å². The fraction of sp³-hybridized carbons (Fsp3) is 0.429. The van der Waals surface area contributed by atoms with Crippen LogP contribution in [0.2, 0.25) is 0 Å². The van der Waals surface area contributed by atoms with Crippen LogP contribution >= 0.6 is 11.3 Å². The fourth-order valence-corrected chi connectivity index (χ4v) is 4.52. The molecule has 0 radical (unpaired) electrons. The maximum Gasteiger partial charge on any atom is 0.308 e. The van der Waals surface area contributed by atoms with Crippen LogP contribution in [-0.2, 0) is 9.59 Å². The molecule has 7 nitrogen and oxygen atoms in total. The first-order valence-corrected chi connectivity index (χ1v) is 10.4. The molecule has 29 heavy (non-hydrogen) atoms. The normalized spacial score (nSPS) is 16.5. The van der Waals surface area contributed by atoms with Crippen LogP contribution in [0.3, 0.4) is 0 Å². The number of aliphatic carboxylic acids is 1. The van der Waals surface area contributed by atoms with Gasteiger partial charge >= 0.3 is 5.97 Å². The number of carboxylic acids is 1. The first-order chi connectivity index (χ1) is 13.8. The molecule has 0 aliphatic carbocycles. The highest BCUT2D eigenvalue weighted by Crippen LogP contribution is 2.29. The number of aryl methyl sites for hydroxylation is 2. The number of thiazole rings is 1. The summed E-state index contributed by atoms with van der Waals surface area (Å²) in [5, 5.41) is 9.95. The Balaban J connectivity index is 1.65. The van der Waals surface area contributed by atoms with E-state index in [1.165, 1.54) is 21.8 Å². The van der Waals surface area contributed by atoms with Gasteiger partial charge in [-0.2, -0.15) is 0 Å². The minimum atomic E-state index is -0.879. The molecule has 0 saturated carbocycles. The van der Waals surface area contributed by atoms with Crippen molar-refractivity contribution in [2.45, 2.75) is 26.7 Å². The number of hydrogen-bond acceptors (Lipinski definition) is 5. The summed E-state index contributed by atoms with van der Waals surface area (Å²) < 4.78 is 0. The maximum absolute atomic E-state index is 12.8. The van der Waals surface area contributed by atoms with E-state index >= 15 is 0 Å². The molecule has 8 heteroatoms. The lowest BCUT2D eigenvalue weighted by molar-refractivity contribution is -0.145. The van der Waals surface area contributed by atoms with Crippen LogP contribution in [0.1, 0.15) is 33.6 Å². The fourth-order valence-electron chi connectivity index (χ4n) is 3.52. The van der Waals surface area contributed by atoms with Gasteiger partial charge in [-0.1, -0.05) is 23.8 Å². The third-order valence-corrected chi connectivity index (χ3v) is 6.19. The standard InChI is InChI=1S/C21H25N3O4S/c1-13-6-7-16(14(2)9-13)19-22-10-17(29-19)20(26)23(3)12-18(25)24-8-4-5-15(11-24)21(27)28/h6-7,9-10,15H,4-5,8,11-12H2,1-3H3,(H,27,28)/t15-/m1/s1. The van der Waals surface area contributed by atoms with Crippen molar-refractivity contribution >= 4 is 29.1 Å². The van der Waals surface area contributed by atoms with Crippen molar-refractivity contribution in [2.24, 2.45) is 5.92 Å². The van der Waals surface area contributed by atoms with Gasteiger partial charge in [-0.25, -0.2) is 4.98 Å². The van der Waals surface area contributed by atoms with Gasteiger partial charge in [-0.15, -0.1) is 11.3 Å². The average Bonchev–Trinajstić information content (AvgIpc) is 3.17. The van der Waals surface area contributed by atoms with Crippen molar-refractivity contribution in [1.29, 1.82) is 0 Å². The van der Waals surface area contributed by atoms with Crippen LogP contribution in [0.25, 0.3) is 10.6 Å². The second-order valence-corrected chi connectivity index (χ2v) is 8.56. The van der Waals surface area contributed by atoms with E-state index in [4.69, 9.17) is 0 Å². The number of carbonyl (C=O) groups is 3. The molecule has 1 saturated heterocycles. The summed E-state index contributed by atoms with van der Waals surface area (Å²) in [5.74, 6) is -1.91. The van der Waals surface area contributed by atoms with E-state index in [2.05, 4.69) is 11.1 Å². The molecule has 2 amide bonds. The van der Waals surface area contributed by atoms with Crippen molar-refractivity contribution in [2.75, 3.05) is 26.7 Å². The predicted molar refractivity (Wildman–Crippen MR) is 111 cm³/mol. The Kier molecular flexibility index (Phi) is 6.32. The zero-order chi connectivity index (χ0) is 21.1. The van der Waals surface area contributed by atoms with E-state index < -0.39 is 11.9 Å². The van der Waals surface area contributed by atoms with E-state index in [1.54, 1.807) is 18.1 Å². The molecule has 1 aromatic carbocycles. The van der Waals surface area contributed by atoms with Crippen molar-refractivity contribution in [1.82, 2.24) is 14.8 Å². The number of likely N-dealkylation sites (N-methyl/N-ethyl adjacent to an activating group) is 1. The highest BCUT2D eigenvalue weighted by atomic mass is 32.1. The Morgan fingerprint density at radius 3 is 2.76 bits per heavy atom. The van der Waals surface area contributed by atoms with Crippen LogP contribution in [0.15, 0.2) is 24.4 Å². The number of hydrogen-bond donors (Lipinski definition) is 1. The molecular weight excluding hydrogens is 390 g/mol.